The van der Waals surface area contributed by atoms with Crippen LogP contribution in [0.5, 0.6) is 0 Å². The zero-order valence-corrected chi connectivity index (χ0v) is 10.5. The summed E-state index contributed by atoms with van der Waals surface area (Å²) >= 11 is 1.19. The summed E-state index contributed by atoms with van der Waals surface area (Å²) < 4.78 is 0. The summed E-state index contributed by atoms with van der Waals surface area (Å²) in [5.41, 5.74) is 0.0677. The Bertz CT molecular complexity index is 616. The number of hydrogen-bond acceptors (Lipinski definition) is 5. The molecule has 0 aliphatic rings. The van der Waals surface area contributed by atoms with Crippen molar-refractivity contribution in [3.63, 3.8) is 0 Å². The van der Waals surface area contributed by atoms with Crippen molar-refractivity contribution in [3.8, 4) is 0 Å². The van der Waals surface area contributed by atoms with Crippen LogP contribution >= 0.6 is 11.3 Å². The summed E-state index contributed by atoms with van der Waals surface area (Å²) in [5, 5.41) is 18.0. The van der Waals surface area contributed by atoms with Crippen LogP contribution in [0.1, 0.15) is 31.7 Å². The normalized spacial score (nSPS) is 10.3. The maximum Gasteiger partial charge on any atom is 0.338 e. The molecule has 7 nitrogen and oxygen atoms in total. The molecule has 0 spiro atoms. The van der Waals surface area contributed by atoms with E-state index in [4.69, 9.17) is 5.11 Å². The average Bonchev–Trinajstić information content (AvgIpc) is 2.85. The van der Waals surface area contributed by atoms with Gasteiger partial charge in [-0.1, -0.05) is 0 Å². The Labute approximate surface area is 106 Å². The number of rotatable bonds is 3. The average molecular weight is 266 g/mol. The molecule has 18 heavy (non-hydrogen) atoms. The Morgan fingerprint density at radius 3 is 2.72 bits per heavy atom. The number of aromatic carboxylic acids is 1. The zero-order chi connectivity index (χ0) is 13.3. The molecule has 94 valence electrons. The Morgan fingerprint density at radius 2 is 2.17 bits per heavy atom. The first-order chi connectivity index (χ1) is 8.47. The van der Waals surface area contributed by atoms with Gasteiger partial charge in [0.2, 0.25) is 5.82 Å². The molecule has 2 aromatic rings. The molecule has 2 aromatic heterocycles. The van der Waals surface area contributed by atoms with E-state index in [-0.39, 0.29) is 16.4 Å². The number of nitrogens with zero attached hydrogens (tertiary/aromatic N) is 2. The zero-order valence-electron chi connectivity index (χ0n) is 9.64. The van der Waals surface area contributed by atoms with Gasteiger partial charge in [0.25, 0.3) is 5.91 Å². The molecule has 0 atom stereocenters. The van der Waals surface area contributed by atoms with Gasteiger partial charge in [-0.05, 0) is 19.9 Å². The van der Waals surface area contributed by atoms with Gasteiger partial charge in [-0.15, -0.1) is 16.4 Å². The SMILES string of the molecule is Cc1nc(C(=O)Nc2sc(C)cc2C(=O)O)n[nH]1. The maximum absolute atomic E-state index is 11.8. The summed E-state index contributed by atoms with van der Waals surface area (Å²) in [6, 6.07) is 1.51. The number of carboxylic acid groups (broad SMARTS) is 1. The first-order valence-electron chi connectivity index (χ1n) is 5.01. The minimum absolute atomic E-state index is 0.0186. The summed E-state index contributed by atoms with van der Waals surface area (Å²) in [6.45, 7) is 3.44. The molecular formula is C10H10N4O3S. The molecule has 0 fully saturated rings. The lowest BCUT2D eigenvalue weighted by Gasteiger charge is -2.00. The van der Waals surface area contributed by atoms with Crippen molar-refractivity contribution in [1.29, 1.82) is 0 Å². The Morgan fingerprint density at radius 1 is 1.44 bits per heavy atom. The van der Waals surface area contributed by atoms with E-state index in [0.29, 0.717) is 5.82 Å². The second-order valence-corrected chi connectivity index (χ2v) is 4.86. The van der Waals surface area contributed by atoms with Gasteiger partial charge in [-0.3, -0.25) is 9.89 Å². The predicted octanol–water partition coefficient (Wildman–Crippen LogP) is 1.43. The van der Waals surface area contributed by atoms with E-state index in [1.54, 1.807) is 13.8 Å². The molecule has 8 heteroatoms. The molecule has 0 unspecified atom stereocenters. The van der Waals surface area contributed by atoms with Crippen LogP contribution in [-0.2, 0) is 0 Å². The fraction of sp³-hybridized carbons (Fsp3) is 0.200. The number of thiophene rings is 1. The lowest BCUT2D eigenvalue weighted by molar-refractivity contribution is 0.0698. The third-order valence-corrected chi connectivity index (χ3v) is 3.08. The van der Waals surface area contributed by atoms with Crippen LogP contribution < -0.4 is 5.32 Å². The molecule has 0 radical (unpaired) electrons. The van der Waals surface area contributed by atoms with Crippen molar-refractivity contribution < 1.29 is 14.7 Å². The number of aromatic nitrogens is 3. The van der Waals surface area contributed by atoms with Gasteiger partial charge in [0, 0.05) is 4.88 Å². The first-order valence-corrected chi connectivity index (χ1v) is 5.83. The first kappa shape index (κ1) is 12.2. The van der Waals surface area contributed by atoms with Crippen molar-refractivity contribution in [2.24, 2.45) is 0 Å². The summed E-state index contributed by atoms with van der Waals surface area (Å²) in [7, 11) is 0. The van der Waals surface area contributed by atoms with Crippen molar-refractivity contribution in [2.75, 3.05) is 5.32 Å². The number of hydrogen-bond donors (Lipinski definition) is 3. The topological polar surface area (TPSA) is 108 Å². The van der Waals surface area contributed by atoms with Gasteiger partial charge < -0.3 is 10.4 Å². The molecule has 0 aromatic carbocycles. The minimum atomic E-state index is -1.08. The van der Waals surface area contributed by atoms with Crippen molar-refractivity contribution in [1.82, 2.24) is 15.2 Å². The summed E-state index contributed by atoms with van der Waals surface area (Å²) in [4.78, 5) is 27.4. The van der Waals surface area contributed by atoms with Crippen molar-refractivity contribution >= 4 is 28.2 Å². The number of nitrogens with one attached hydrogen (secondary N) is 2. The van der Waals surface area contributed by atoms with E-state index < -0.39 is 11.9 Å². The Kier molecular flexibility index (Phi) is 3.11. The third-order valence-electron chi connectivity index (χ3n) is 2.11. The predicted molar refractivity (Wildman–Crippen MR) is 65.1 cm³/mol. The highest BCUT2D eigenvalue weighted by atomic mass is 32.1. The molecule has 3 N–H and O–H groups in total. The van der Waals surface area contributed by atoms with Gasteiger partial charge in [-0.25, -0.2) is 9.78 Å². The standard InChI is InChI=1S/C10H10N4O3S/c1-4-3-6(10(16)17)9(18-4)12-8(15)7-11-5(2)13-14-7/h3H,1-2H3,(H,12,15)(H,16,17)(H,11,13,14). The van der Waals surface area contributed by atoms with E-state index in [1.165, 1.54) is 17.4 Å². The molecule has 0 aliphatic carbocycles. The molecule has 0 saturated heterocycles. The number of aryl methyl sites for hydroxylation is 2. The van der Waals surface area contributed by atoms with E-state index >= 15 is 0 Å². The van der Waals surface area contributed by atoms with E-state index in [2.05, 4.69) is 20.5 Å². The van der Waals surface area contributed by atoms with E-state index in [9.17, 15) is 9.59 Å². The van der Waals surface area contributed by atoms with Gasteiger partial charge in [0.1, 0.15) is 10.8 Å². The second-order valence-electron chi connectivity index (χ2n) is 3.60. The highest BCUT2D eigenvalue weighted by Gasteiger charge is 2.18. The highest BCUT2D eigenvalue weighted by Crippen LogP contribution is 2.27. The monoisotopic (exact) mass is 266 g/mol. The fourth-order valence-corrected chi connectivity index (χ4v) is 2.27. The summed E-state index contributed by atoms with van der Waals surface area (Å²) in [5.74, 6) is -1.12. The van der Waals surface area contributed by atoms with Crippen LogP contribution in [0.15, 0.2) is 6.07 Å². The number of carboxylic acids is 1. The van der Waals surface area contributed by atoms with Crippen LogP contribution in [0.2, 0.25) is 0 Å². The largest absolute Gasteiger partial charge is 0.478 e. The smallest absolute Gasteiger partial charge is 0.338 e. The quantitative estimate of drug-likeness (QED) is 0.778. The van der Waals surface area contributed by atoms with Crippen molar-refractivity contribution in [3.05, 3.63) is 28.2 Å². The maximum atomic E-state index is 11.8. The molecule has 1 amide bonds. The highest BCUT2D eigenvalue weighted by molar-refractivity contribution is 7.16. The lowest BCUT2D eigenvalue weighted by atomic mass is 10.3. The Hall–Kier alpha value is -2.22. The molecule has 2 heterocycles. The number of H-pyrrole nitrogens is 1. The molecular weight excluding hydrogens is 256 g/mol. The molecule has 0 bridgehead atoms. The summed E-state index contributed by atoms with van der Waals surface area (Å²) in [6.07, 6.45) is 0. The lowest BCUT2D eigenvalue weighted by Crippen LogP contribution is -2.14. The second kappa shape index (κ2) is 4.57. The van der Waals surface area contributed by atoms with Gasteiger partial charge in [0.05, 0.1) is 5.56 Å². The molecule has 2 rings (SSSR count). The van der Waals surface area contributed by atoms with E-state index in [0.717, 1.165) is 4.88 Å². The number of amides is 1. The molecule has 0 aliphatic heterocycles. The van der Waals surface area contributed by atoms with Gasteiger partial charge in [-0.2, -0.15) is 0 Å². The van der Waals surface area contributed by atoms with Crippen LogP contribution in [0.25, 0.3) is 0 Å². The van der Waals surface area contributed by atoms with Crippen LogP contribution in [0.3, 0.4) is 0 Å². The van der Waals surface area contributed by atoms with Crippen LogP contribution in [-0.4, -0.2) is 32.2 Å². The number of aromatic amines is 1. The van der Waals surface area contributed by atoms with Gasteiger partial charge >= 0.3 is 5.97 Å². The van der Waals surface area contributed by atoms with Crippen molar-refractivity contribution in [2.45, 2.75) is 13.8 Å². The fourth-order valence-electron chi connectivity index (χ4n) is 1.37. The minimum Gasteiger partial charge on any atom is -0.478 e. The van der Waals surface area contributed by atoms with Crippen LogP contribution in [0, 0.1) is 13.8 Å². The third kappa shape index (κ3) is 2.38. The number of carbonyl (C=O) groups is 2. The van der Waals surface area contributed by atoms with Gasteiger partial charge in [0.15, 0.2) is 0 Å². The van der Waals surface area contributed by atoms with E-state index in [1.807, 2.05) is 0 Å². The number of anilines is 1. The van der Waals surface area contributed by atoms with Crippen LogP contribution in [0.4, 0.5) is 5.00 Å². The molecule has 0 saturated carbocycles. The Balaban J connectivity index is 2.24. The number of carbonyl (C=O) groups excluding carboxylic acids is 1.